The zero-order valence-electron chi connectivity index (χ0n) is 12.9. The summed E-state index contributed by atoms with van der Waals surface area (Å²) in [6.45, 7) is 1.32. The SMILES string of the molecule is C[C@H](OC(=O)c1cc(S(N)(=O)=O)ccc1F)C(=O)c1ccc(Cl)cc1. The van der Waals surface area contributed by atoms with Crippen molar-refractivity contribution in [3.63, 3.8) is 0 Å². The van der Waals surface area contributed by atoms with Crippen LogP contribution in [0.5, 0.6) is 0 Å². The molecule has 2 aromatic rings. The molecule has 2 N–H and O–H groups in total. The molecule has 0 amide bonds. The molecule has 0 aliphatic carbocycles. The number of hydrogen-bond acceptors (Lipinski definition) is 5. The van der Waals surface area contributed by atoms with Crippen LogP contribution >= 0.6 is 11.6 Å². The minimum atomic E-state index is -4.12. The van der Waals surface area contributed by atoms with Crippen molar-refractivity contribution in [1.29, 1.82) is 0 Å². The monoisotopic (exact) mass is 385 g/mol. The van der Waals surface area contributed by atoms with Gasteiger partial charge >= 0.3 is 5.97 Å². The quantitative estimate of drug-likeness (QED) is 0.629. The number of carbonyl (C=O) groups is 2. The lowest BCUT2D eigenvalue weighted by atomic mass is 10.1. The summed E-state index contributed by atoms with van der Waals surface area (Å²) in [6.07, 6.45) is -1.22. The predicted molar refractivity (Wildman–Crippen MR) is 88.4 cm³/mol. The molecule has 0 bridgehead atoms. The summed E-state index contributed by atoms with van der Waals surface area (Å²) in [5.41, 5.74) is -0.384. The molecule has 0 radical (unpaired) electrons. The van der Waals surface area contributed by atoms with Crippen LogP contribution in [0, 0.1) is 5.82 Å². The second-order valence-corrected chi connectivity index (χ2v) is 7.10. The van der Waals surface area contributed by atoms with E-state index in [-0.39, 0.29) is 5.56 Å². The molecule has 0 spiro atoms. The first-order chi connectivity index (χ1) is 11.6. The minimum absolute atomic E-state index is 0.253. The fourth-order valence-electron chi connectivity index (χ4n) is 1.96. The third kappa shape index (κ3) is 4.62. The van der Waals surface area contributed by atoms with Crippen LogP contribution in [0.4, 0.5) is 4.39 Å². The van der Waals surface area contributed by atoms with Crippen LogP contribution in [0.15, 0.2) is 47.4 Å². The lowest BCUT2D eigenvalue weighted by Gasteiger charge is -2.13. The van der Waals surface area contributed by atoms with Crippen molar-refractivity contribution >= 4 is 33.4 Å². The van der Waals surface area contributed by atoms with Gasteiger partial charge in [-0.2, -0.15) is 0 Å². The Labute approximate surface area is 148 Å². The highest BCUT2D eigenvalue weighted by Crippen LogP contribution is 2.17. The van der Waals surface area contributed by atoms with Gasteiger partial charge in [0.15, 0.2) is 6.10 Å². The number of Topliss-reactive ketones (excluding diaryl/α,β-unsaturated/α-hetero) is 1. The van der Waals surface area contributed by atoms with Gasteiger partial charge in [-0.15, -0.1) is 0 Å². The van der Waals surface area contributed by atoms with Crippen LogP contribution in [-0.2, 0) is 14.8 Å². The molecule has 9 heteroatoms. The average molecular weight is 386 g/mol. The Morgan fingerprint density at radius 3 is 2.32 bits per heavy atom. The van der Waals surface area contributed by atoms with Gasteiger partial charge in [-0.1, -0.05) is 11.6 Å². The number of sulfonamides is 1. The van der Waals surface area contributed by atoms with E-state index in [0.717, 1.165) is 18.2 Å². The second kappa shape index (κ2) is 7.30. The predicted octanol–water partition coefficient (Wildman–Crippen LogP) is 2.55. The Hall–Kier alpha value is -2.29. The number of primary sulfonamides is 1. The lowest BCUT2D eigenvalue weighted by Crippen LogP contribution is -2.25. The van der Waals surface area contributed by atoms with Gasteiger partial charge in [0.25, 0.3) is 0 Å². The molecule has 0 aliphatic heterocycles. The maximum Gasteiger partial charge on any atom is 0.341 e. The average Bonchev–Trinajstić information content (AvgIpc) is 2.54. The van der Waals surface area contributed by atoms with Gasteiger partial charge in [0.2, 0.25) is 15.8 Å². The second-order valence-electron chi connectivity index (χ2n) is 5.11. The van der Waals surface area contributed by atoms with Crippen molar-refractivity contribution in [3.05, 3.63) is 64.4 Å². The van der Waals surface area contributed by atoms with Crippen LogP contribution in [0.25, 0.3) is 0 Å². The van der Waals surface area contributed by atoms with Crippen molar-refractivity contribution < 1.29 is 27.1 Å². The molecule has 6 nitrogen and oxygen atoms in total. The maximum atomic E-state index is 13.8. The number of nitrogens with two attached hydrogens (primary N) is 1. The molecule has 0 heterocycles. The molecule has 0 aromatic heterocycles. The van der Waals surface area contributed by atoms with Gasteiger partial charge in [-0.05, 0) is 49.4 Å². The van der Waals surface area contributed by atoms with Gasteiger partial charge in [-0.25, -0.2) is 22.7 Å². The van der Waals surface area contributed by atoms with E-state index < -0.39 is 44.2 Å². The third-order valence-corrected chi connectivity index (χ3v) is 4.43. The first-order valence-corrected chi connectivity index (χ1v) is 8.85. The van der Waals surface area contributed by atoms with Crippen molar-refractivity contribution in [2.75, 3.05) is 0 Å². The number of ether oxygens (including phenoxy) is 1. The van der Waals surface area contributed by atoms with E-state index in [1.165, 1.54) is 31.2 Å². The topological polar surface area (TPSA) is 104 Å². The Morgan fingerprint density at radius 2 is 1.76 bits per heavy atom. The Balaban J connectivity index is 2.21. The Bertz CT molecular complexity index is 928. The molecule has 0 fully saturated rings. The number of esters is 1. The molecule has 0 saturated carbocycles. The van der Waals surface area contributed by atoms with Gasteiger partial charge < -0.3 is 4.74 Å². The molecular weight excluding hydrogens is 373 g/mol. The fourth-order valence-corrected chi connectivity index (χ4v) is 2.63. The normalized spacial score (nSPS) is 12.5. The fraction of sp³-hybridized carbons (Fsp3) is 0.125. The molecule has 2 rings (SSSR count). The summed E-state index contributed by atoms with van der Waals surface area (Å²) in [5, 5.41) is 5.38. The van der Waals surface area contributed by atoms with Gasteiger partial charge in [0.1, 0.15) is 5.82 Å². The summed E-state index contributed by atoms with van der Waals surface area (Å²) < 4.78 is 41.3. The molecule has 0 unspecified atom stereocenters. The van der Waals surface area contributed by atoms with E-state index in [1.54, 1.807) is 0 Å². The summed E-state index contributed by atoms with van der Waals surface area (Å²) in [7, 11) is -4.12. The number of benzene rings is 2. The van der Waals surface area contributed by atoms with E-state index in [9.17, 15) is 22.4 Å². The van der Waals surface area contributed by atoms with Crippen molar-refractivity contribution in [2.45, 2.75) is 17.9 Å². The molecule has 25 heavy (non-hydrogen) atoms. The van der Waals surface area contributed by atoms with Crippen LogP contribution in [0.3, 0.4) is 0 Å². The number of ketones is 1. The highest BCUT2D eigenvalue weighted by molar-refractivity contribution is 7.89. The first kappa shape index (κ1) is 19.0. The van der Waals surface area contributed by atoms with Crippen molar-refractivity contribution in [2.24, 2.45) is 5.14 Å². The third-order valence-electron chi connectivity index (χ3n) is 3.27. The minimum Gasteiger partial charge on any atom is -0.451 e. The number of hydrogen-bond donors (Lipinski definition) is 1. The van der Waals surface area contributed by atoms with E-state index in [1.807, 2.05) is 0 Å². The highest BCUT2D eigenvalue weighted by Gasteiger charge is 2.23. The first-order valence-electron chi connectivity index (χ1n) is 6.92. The number of carbonyl (C=O) groups excluding carboxylic acids is 2. The largest absolute Gasteiger partial charge is 0.451 e. The van der Waals surface area contributed by atoms with E-state index >= 15 is 0 Å². The zero-order chi connectivity index (χ0) is 18.8. The number of rotatable bonds is 5. The lowest BCUT2D eigenvalue weighted by molar-refractivity contribution is 0.0314. The smallest absolute Gasteiger partial charge is 0.341 e. The van der Waals surface area contributed by atoms with Crippen LogP contribution in [-0.4, -0.2) is 26.3 Å². The van der Waals surface area contributed by atoms with Crippen molar-refractivity contribution in [1.82, 2.24) is 0 Å². The standard InChI is InChI=1S/C16H13ClFNO5S/c1-9(15(20)10-2-4-11(17)5-3-10)24-16(21)13-8-12(25(19,22)23)6-7-14(13)18/h2-9H,1H3,(H2,19,22,23)/t9-/m0/s1. The van der Waals surface area contributed by atoms with E-state index in [2.05, 4.69) is 0 Å². The van der Waals surface area contributed by atoms with E-state index in [0.29, 0.717) is 5.02 Å². The number of halogens is 2. The summed E-state index contributed by atoms with van der Waals surface area (Å²) in [6, 6.07) is 8.36. The van der Waals surface area contributed by atoms with Gasteiger partial charge in [-0.3, -0.25) is 4.79 Å². The Kier molecular flexibility index (Phi) is 5.56. The maximum absolute atomic E-state index is 13.8. The summed E-state index contributed by atoms with van der Waals surface area (Å²) in [4.78, 5) is 23.8. The molecule has 0 saturated heterocycles. The highest BCUT2D eigenvalue weighted by atomic mass is 35.5. The summed E-state index contributed by atoms with van der Waals surface area (Å²) >= 11 is 5.73. The van der Waals surface area contributed by atoms with Gasteiger partial charge in [0, 0.05) is 10.6 Å². The van der Waals surface area contributed by atoms with Gasteiger partial charge in [0.05, 0.1) is 10.5 Å². The Morgan fingerprint density at radius 1 is 1.16 bits per heavy atom. The zero-order valence-corrected chi connectivity index (χ0v) is 14.5. The van der Waals surface area contributed by atoms with Crippen molar-refractivity contribution in [3.8, 4) is 0 Å². The van der Waals surface area contributed by atoms with Crippen LogP contribution < -0.4 is 5.14 Å². The summed E-state index contributed by atoms with van der Waals surface area (Å²) in [5.74, 6) is -2.70. The van der Waals surface area contributed by atoms with Crippen LogP contribution in [0.2, 0.25) is 5.02 Å². The molecular formula is C16H13ClFNO5S. The molecule has 132 valence electrons. The van der Waals surface area contributed by atoms with Crippen LogP contribution in [0.1, 0.15) is 27.6 Å². The molecule has 2 aromatic carbocycles. The molecule has 0 aliphatic rings. The molecule has 1 atom stereocenters. The van der Waals surface area contributed by atoms with E-state index in [4.69, 9.17) is 21.5 Å².